The smallest absolute Gasteiger partial charge is 0.325 e. The molecule has 4 heteroatoms. The van der Waals surface area contributed by atoms with Crippen molar-refractivity contribution in [3.8, 4) is 0 Å². The number of hydrogen-bond acceptors (Lipinski definition) is 2. The zero-order valence-electron chi connectivity index (χ0n) is 7.16. The molecule has 0 saturated heterocycles. The Balaban J connectivity index is 2.61. The number of H-pyrrole nitrogens is 1. The monoisotopic (exact) mass is 165 g/mol. The van der Waals surface area contributed by atoms with Gasteiger partial charge in [0, 0.05) is 20.3 Å². The van der Waals surface area contributed by atoms with E-state index in [9.17, 15) is 4.79 Å². The van der Waals surface area contributed by atoms with Crippen molar-refractivity contribution in [3.05, 3.63) is 28.1 Å². The first-order valence-electron chi connectivity index (χ1n) is 3.85. The topological polar surface area (TPSA) is 41.0 Å². The first kappa shape index (κ1) is 7.21. The van der Waals surface area contributed by atoms with Crippen LogP contribution in [-0.2, 0) is 13.6 Å². The van der Waals surface area contributed by atoms with E-state index < -0.39 is 0 Å². The second-order valence-electron chi connectivity index (χ2n) is 3.08. The van der Waals surface area contributed by atoms with Crippen LogP contribution in [0.4, 0.5) is 0 Å². The molecule has 0 amide bonds. The number of aromatic nitrogens is 2. The van der Waals surface area contributed by atoms with Crippen molar-refractivity contribution in [2.24, 2.45) is 7.05 Å². The number of nitrogens with zero attached hydrogens (tertiary/aromatic N) is 2. The SMILES string of the molecule is CN1C=Cc2[nH]c(=O)n(C)c2C1. The van der Waals surface area contributed by atoms with E-state index in [0.29, 0.717) is 0 Å². The summed E-state index contributed by atoms with van der Waals surface area (Å²) in [5.74, 6) is 0. The molecule has 0 saturated carbocycles. The van der Waals surface area contributed by atoms with E-state index in [-0.39, 0.29) is 5.69 Å². The van der Waals surface area contributed by atoms with E-state index in [4.69, 9.17) is 0 Å². The Morgan fingerprint density at radius 2 is 2.25 bits per heavy atom. The third-order valence-corrected chi connectivity index (χ3v) is 2.16. The Hall–Kier alpha value is -1.45. The van der Waals surface area contributed by atoms with Crippen LogP contribution in [0.1, 0.15) is 11.4 Å². The molecule has 0 radical (unpaired) electrons. The summed E-state index contributed by atoms with van der Waals surface area (Å²) in [6.07, 6.45) is 3.87. The maximum absolute atomic E-state index is 11.2. The highest BCUT2D eigenvalue weighted by Gasteiger charge is 2.13. The van der Waals surface area contributed by atoms with E-state index in [2.05, 4.69) is 4.98 Å². The quantitative estimate of drug-likeness (QED) is 0.593. The Morgan fingerprint density at radius 1 is 1.50 bits per heavy atom. The lowest BCUT2D eigenvalue weighted by Gasteiger charge is -2.18. The maximum Gasteiger partial charge on any atom is 0.325 e. The molecule has 0 bridgehead atoms. The molecule has 2 heterocycles. The van der Waals surface area contributed by atoms with E-state index >= 15 is 0 Å². The lowest BCUT2D eigenvalue weighted by Crippen LogP contribution is -2.19. The molecule has 0 unspecified atom stereocenters. The first-order chi connectivity index (χ1) is 5.68. The average Bonchev–Trinajstić information content (AvgIpc) is 2.31. The third kappa shape index (κ3) is 0.879. The summed E-state index contributed by atoms with van der Waals surface area (Å²) >= 11 is 0. The lowest BCUT2D eigenvalue weighted by molar-refractivity contribution is 0.432. The Labute approximate surface area is 70.1 Å². The second-order valence-corrected chi connectivity index (χ2v) is 3.08. The van der Waals surface area contributed by atoms with E-state index in [1.165, 1.54) is 0 Å². The molecule has 1 N–H and O–H groups in total. The summed E-state index contributed by atoms with van der Waals surface area (Å²) in [7, 11) is 3.77. The van der Waals surface area contributed by atoms with Crippen molar-refractivity contribution in [1.82, 2.24) is 14.5 Å². The molecule has 0 atom stereocenters. The predicted octanol–water partition coefficient (Wildman–Crippen LogP) is 0.129. The molecule has 0 aliphatic carbocycles. The number of nitrogens with one attached hydrogen (secondary N) is 1. The minimum atomic E-state index is -0.0417. The molecule has 0 spiro atoms. The van der Waals surface area contributed by atoms with Crippen LogP contribution in [0.2, 0.25) is 0 Å². The van der Waals surface area contributed by atoms with Gasteiger partial charge in [-0.05, 0) is 6.08 Å². The van der Waals surface area contributed by atoms with Gasteiger partial charge in [-0.15, -0.1) is 0 Å². The molecule has 1 aromatic heterocycles. The van der Waals surface area contributed by atoms with E-state index in [0.717, 1.165) is 17.9 Å². The van der Waals surface area contributed by atoms with Crippen molar-refractivity contribution in [2.45, 2.75) is 6.54 Å². The highest BCUT2D eigenvalue weighted by Crippen LogP contribution is 2.13. The van der Waals surface area contributed by atoms with Gasteiger partial charge in [-0.3, -0.25) is 4.57 Å². The summed E-state index contributed by atoms with van der Waals surface area (Å²) in [5, 5.41) is 0. The third-order valence-electron chi connectivity index (χ3n) is 2.16. The molecule has 64 valence electrons. The fourth-order valence-electron chi connectivity index (χ4n) is 1.39. The minimum absolute atomic E-state index is 0.0417. The van der Waals surface area contributed by atoms with Gasteiger partial charge in [-0.25, -0.2) is 4.79 Å². The number of aromatic amines is 1. The minimum Gasteiger partial charge on any atom is -0.374 e. The van der Waals surface area contributed by atoms with Gasteiger partial charge in [0.2, 0.25) is 0 Å². The van der Waals surface area contributed by atoms with Crippen LogP contribution in [0.25, 0.3) is 6.08 Å². The molecule has 0 aromatic carbocycles. The number of rotatable bonds is 0. The molecular weight excluding hydrogens is 154 g/mol. The Kier molecular flexibility index (Phi) is 1.36. The molecule has 1 aromatic rings. The summed E-state index contributed by atoms with van der Waals surface area (Å²) < 4.78 is 1.65. The van der Waals surface area contributed by atoms with Crippen molar-refractivity contribution in [2.75, 3.05) is 7.05 Å². The second kappa shape index (κ2) is 2.27. The molecule has 4 nitrogen and oxygen atoms in total. The molecule has 2 rings (SSSR count). The average molecular weight is 165 g/mol. The van der Waals surface area contributed by atoms with E-state index in [1.807, 2.05) is 24.2 Å². The molecule has 1 aliphatic heterocycles. The molecular formula is C8H11N3O. The zero-order chi connectivity index (χ0) is 8.72. The largest absolute Gasteiger partial charge is 0.374 e. The van der Waals surface area contributed by atoms with Crippen LogP contribution >= 0.6 is 0 Å². The van der Waals surface area contributed by atoms with Crippen LogP contribution in [0, 0.1) is 0 Å². The van der Waals surface area contributed by atoms with Gasteiger partial charge in [0.1, 0.15) is 0 Å². The van der Waals surface area contributed by atoms with Gasteiger partial charge in [-0.1, -0.05) is 0 Å². The predicted molar refractivity (Wildman–Crippen MR) is 46.5 cm³/mol. The van der Waals surface area contributed by atoms with Gasteiger partial charge in [0.15, 0.2) is 0 Å². The summed E-state index contributed by atoms with van der Waals surface area (Å²) in [4.78, 5) is 16.0. The van der Waals surface area contributed by atoms with Crippen LogP contribution in [-0.4, -0.2) is 21.5 Å². The first-order valence-corrected chi connectivity index (χ1v) is 3.85. The Bertz CT molecular complexity index is 385. The van der Waals surface area contributed by atoms with Gasteiger partial charge in [0.05, 0.1) is 17.9 Å². The molecule has 1 aliphatic rings. The summed E-state index contributed by atoms with van der Waals surface area (Å²) in [6, 6.07) is 0. The number of imidazole rings is 1. The van der Waals surface area contributed by atoms with Crippen molar-refractivity contribution < 1.29 is 0 Å². The number of hydrogen-bond donors (Lipinski definition) is 1. The van der Waals surface area contributed by atoms with Crippen molar-refractivity contribution in [3.63, 3.8) is 0 Å². The highest BCUT2D eigenvalue weighted by molar-refractivity contribution is 5.49. The van der Waals surface area contributed by atoms with Gasteiger partial charge in [-0.2, -0.15) is 0 Å². The van der Waals surface area contributed by atoms with Gasteiger partial charge >= 0.3 is 5.69 Å². The summed E-state index contributed by atoms with van der Waals surface area (Å²) in [6.45, 7) is 0.793. The van der Waals surface area contributed by atoms with Crippen LogP contribution in [0.15, 0.2) is 11.0 Å². The normalized spacial score (nSPS) is 15.0. The highest BCUT2D eigenvalue weighted by atomic mass is 16.1. The van der Waals surface area contributed by atoms with Gasteiger partial charge in [0.25, 0.3) is 0 Å². The van der Waals surface area contributed by atoms with Crippen LogP contribution in [0.5, 0.6) is 0 Å². The Morgan fingerprint density at radius 3 is 3.00 bits per heavy atom. The fourth-order valence-corrected chi connectivity index (χ4v) is 1.39. The van der Waals surface area contributed by atoms with Crippen LogP contribution in [0.3, 0.4) is 0 Å². The fraction of sp³-hybridized carbons (Fsp3) is 0.375. The van der Waals surface area contributed by atoms with Crippen molar-refractivity contribution >= 4 is 6.08 Å². The standard InChI is InChI=1S/C8H11N3O/c1-10-4-3-6-7(5-10)11(2)8(12)9-6/h3-4H,5H2,1-2H3,(H,9,12). The van der Waals surface area contributed by atoms with Crippen molar-refractivity contribution in [1.29, 1.82) is 0 Å². The molecule has 12 heavy (non-hydrogen) atoms. The van der Waals surface area contributed by atoms with Crippen LogP contribution < -0.4 is 5.69 Å². The summed E-state index contributed by atoms with van der Waals surface area (Å²) in [5.41, 5.74) is 1.94. The number of fused-ring (bicyclic) bond motifs is 1. The molecule has 0 fully saturated rings. The lowest BCUT2D eigenvalue weighted by atomic mass is 10.2. The van der Waals surface area contributed by atoms with E-state index in [1.54, 1.807) is 11.6 Å². The van der Waals surface area contributed by atoms with Gasteiger partial charge < -0.3 is 9.88 Å². The maximum atomic E-state index is 11.2. The zero-order valence-corrected chi connectivity index (χ0v) is 7.16.